The van der Waals surface area contributed by atoms with Crippen LogP contribution < -0.4 is 5.32 Å². The molecule has 3 nitrogen and oxygen atoms in total. The van der Waals surface area contributed by atoms with Gasteiger partial charge in [-0.05, 0) is 35.4 Å². The maximum Gasteiger partial charge on any atom is 0.220 e. The number of carbonyl (C=O) groups excluding carboxylic acids is 1. The van der Waals surface area contributed by atoms with Crippen LogP contribution in [0.4, 0.5) is 0 Å². The van der Waals surface area contributed by atoms with Crippen LogP contribution in [0.25, 0.3) is 11.1 Å². The molecule has 124 valence electrons. The van der Waals surface area contributed by atoms with Crippen molar-refractivity contribution in [1.82, 2.24) is 10.2 Å². The van der Waals surface area contributed by atoms with Crippen molar-refractivity contribution in [3.63, 3.8) is 0 Å². The summed E-state index contributed by atoms with van der Waals surface area (Å²) < 4.78 is 0. The van der Waals surface area contributed by atoms with E-state index in [1.54, 1.807) is 0 Å². The molecule has 3 heteroatoms. The molecule has 0 bridgehead atoms. The summed E-state index contributed by atoms with van der Waals surface area (Å²) in [4.78, 5) is 14.0. The van der Waals surface area contributed by atoms with Crippen molar-refractivity contribution in [3.8, 4) is 11.1 Å². The van der Waals surface area contributed by atoms with Gasteiger partial charge in [-0.25, -0.2) is 0 Å². The summed E-state index contributed by atoms with van der Waals surface area (Å²) in [6, 6.07) is 17.5. The lowest BCUT2D eigenvalue weighted by Gasteiger charge is -2.23. The van der Waals surface area contributed by atoms with Gasteiger partial charge in [0.05, 0.1) is 0 Å². The van der Waals surface area contributed by atoms with Crippen molar-refractivity contribution >= 4 is 5.91 Å². The van der Waals surface area contributed by atoms with E-state index in [9.17, 15) is 4.79 Å². The Hall–Kier alpha value is -2.13. The zero-order valence-corrected chi connectivity index (χ0v) is 14.2. The molecule has 0 aromatic heterocycles. The van der Waals surface area contributed by atoms with Gasteiger partial charge in [0.25, 0.3) is 0 Å². The van der Waals surface area contributed by atoms with E-state index < -0.39 is 0 Å². The zero-order chi connectivity index (χ0) is 16.5. The van der Waals surface area contributed by atoms with Crippen LogP contribution >= 0.6 is 0 Å². The van der Waals surface area contributed by atoms with E-state index in [2.05, 4.69) is 65.7 Å². The minimum atomic E-state index is 0.223. The minimum Gasteiger partial charge on any atom is -0.356 e. The molecule has 2 saturated heterocycles. The number of fused-ring (bicyclic) bond motifs is 1. The number of benzene rings is 2. The molecule has 0 saturated carbocycles. The van der Waals surface area contributed by atoms with Crippen LogP contribution in [0.5, 0.6) is 0 Å². The quantitative estimate of drug-likeness (QED) is 0.942. The van der Waals surface area contributed by atoms with E-state index >= 15 is 0 Å². The molecule has 0 spiro atoms. The fraction of sp³-hybridized carbons (Fsp3) is 0.381. The van der Waals surface area contributed by atoms with Crippen LogP contribution in [0.3, 0.4) is 0 Å². The van der Waals surface area contributed by atoms with E-state index in [1.165, 1.54) is 22.3 Å². The first-order chi connectivity index (χ1) is 11.7. The summed E-state index contributed by atoms with van der Waals surface area (Å²) >= 11 is 0. The summed E-state index contributed by atoms with van der Waals surface area (Å²) in [5, 5.41) is 3.00. The van der Waals surface area contributed by atoms with Crippen LogP contribution in [-0.4, -0.2) is 30.4 Å². The molecule has 2 aromatic rings. The first-order valence-electron chi connectivity index (χ1n) is 8.82. The van der Waals surface area contributed by atoms with Crippen LogP contribution in [0.1, 0.15) is 17.5 Å². The number of carbonyl (C=O) groups is 1. The highest BCUT2D eigenvalue weighted by Gasteiger charge is 2.36. The van der Waals surface area contributed by atoms with Crippen molar-refractivity contribution in [1.29, 1.82) is 0 Å². The Morgan fingerprint density at radius 1 is 1.04 bits per heavy atom. The highest BCUT2D eigenvalue weighted by Crippen LogP contribution is 2.30. The van der Waals surface area contributed by atoms with E-state index in [0.717, 1.165) is 26.2 Å². The molecule has 0 unspecified atom stereocenters. The molecule has 4 rings (SSSR count). The van der Waals surface area contributed by atoms with Crippen LogP contribution in [-0.2, 0) is 11.3 Å². The van der Waals surface area contributed by atoms with Crippen molar-refractivity contribution in [2.24, 2.45) is 11.8 Å². The van der Waals surface area contributed by atoms with Crippen LogP contribution in [0.2, 0.25) is 0 Å². The van der Waals surface area contributed by atoms with Gasteiger partial charge in [0.15, 0.2) is 0 Å². The monoisotopic (exact) mass is 320 g/mol. The summed E-state index contributed by atoms with van der Waals surface area (Å²) in [5.41, 5.74) is 5.19. The van der Waals surface area contributed by atoms with Gasteiger partial charge in [0.2, 0.25) is 5.91 Å². The third-order valence-electron chi connectivity index (χ3n) is 5.37. The predicted molar refractivity (Wildman–Crippen MR) is 96.5 cm³/mol. The van der Waals surface area contributed by atoms with Gasteiger partial charge >= 0.3 is 0 Å². The van der Waals surface area contributed by atoms with Crippen LogP contribution in [0, 0.1) is 18.8 Å². The molecule has 0 aliphatic carbocycles. The maximum absolute atomic E-state index is 11.5. The molecule has 2 heterocycles. The third-order valence-corrected chi connectivity index (χ3v) is 5.37. The van der Waals surface area contributed by atoms with Gasteiger partial charge in [-0.1, -0.05) is 54.1 Å². The average Bonchev–Trinajstić information content (AvgIpc) is 2.97. The van der Waals surface area contributed by atoms with Crippen LogP contribution in [0.15, 0.2) is 48.5 Å². The predicted octanol–water partition coefficient (Wildman–Crippen LogP) is 3.23. The largest absolute Gasteiger partial charge is 0.356 e. The van der Waals surface area contributed by atoms with Crippen molar-refractivity contribution < 1.29 is 4.79 Å². The standard InChI is InChI=1S/C21H24N2O/c1-15-3-2-4-18(9-15)17-7-5-16(6-8-17)12-23-13-19-10-21(24)22-11-20(19)14-23/h2-9,19-20H,10-14H2,1H3,(H,22,24)/t19-,20+/m1/s1. The number of hydrogen-bond donors (Lipinski definition) is 1. The van der Waals surface area contributed by atoms with Crippen molar-refractivity contribution in [2.75, 3.05) is 19.6 Å². The van der Waals surface area contributed by atoms with Gasteiger partial charge < -0.3 is 5.32 Å². The second-order valence-electron chi connectivity index (χ2n) is 7.29. The summed E-state index contributed by atoms with van der Waals surface area (Å²) in [6.45, 7) is 6.12. The Morgan fingerprint density at radius 2 is 1.83 bits per heavy atom. The zero-order valence-electron chi connectivity index (χ0n) is 14.2. The normalized spacial score (nSPS) is 23.8. The van der Waals surface area contributed by atoms with Gasteiger partial charge in [-0.15, -0.1) is 0 Å². The number of piperidine rings is 1. The number of likely N-dealkylation sites (tertiary alicyclic amines) is 1. The lowest BCUT2D eigenvalue weighted by Crippen LogP contribution is -2.39. The molecular formula is C21H24N2O. The Balaban J connectivity index is 1.42. The van der Waals surface area contributed by atoms with E-state index in [1.807, 2.05) is 0 Å². The second kappa shape index (κ2) is 6.40. The lowest BCUT2D eigenvalue weighted by atomic mass is 9.89. The summed E-state index contributed by atoms with van der Waals surface area (Å²) in [5.74, 6) is 1.40. The number of hydrogen-bond acceptors (Lipinski definition) is 2. The Labute approximate surface area is 143 Å². The molecule has 2 aliphatic heterocycles. The Morgan fingerprint density at radius 3 is 2.62 bits per heavy atom. The first-order valence-corrected chi connectivity index (χ1v) is 8.82. The third kappa shape index (κ3) is 3.22. The van der Waals surface area contributed by atoms with E-state index in [4.69, 9.17) is 0 Å². The van der Waals surface area contributed by atoms with Gasteiger partial charge in [0, 0.05) is 32.6 Å². The van der Waals surface area contributed by atoms with Gasteiger partial charge in [-0.2, -0.15) is 0 Å². The molecule has 0 radical (unpaired) electrons. The van der Waals surface area contributed by atoms with E-state index in [0.29, 0.717) is 18.3 Å². The SMILES string of the molecule is Cc1cccc(-c2ccc(CN3C[C@H]4CC(=O)NC[C@H]4C3)cc2)c1. The molecule has 2 fully saturated rings. The number of amides is 1. The average molecular weight is 320 g/mol. The fourth-order valence-corrected chi connectivity index (χ4v) is 4.07. The summed E-state index contributed by atoms with van der Waals surface area (Å²) in [6.07, 6.45) is 0.702. The molecule has 24 heavy (non-hydrogen) atoms. The Kier molecular flexibility index (Phi) is 4.11. The number of nitrogens with one attached hydrogen (secondary N) is 1. The Bertz CT molecular complexity index is 738. The first kappa shape index (κ1) is 15.4. The topological polar surface area (TPSA) is 32.3 Å². The van der Waals surface area contributed by atoms with Gasteiger partial charge in [0.1, 0.15) is 0 Å². The molecule has 1 amide bonds. The fourth-order valence-electron chi connectivity index (χ4n) is 4.07. The van der Waals surface area contributed by atoms with Gasteiger partial charge in [-0.3, -0.25) is 9.69 Å². The number of aryl methyl sites for hydroxylation is 1. The lowest BCUT2D eigenvalue weighted by molar-refractivity contribution is -0.124. The molecule has 1 N–H and O–H groups in total. The van der Waals surface area contributed by atoms with Crippen molar-refractivity contribution in [2.45, 2.75) is 19.9 Å². The number of rotatable bonds is 3. The maximum atomic E-state index is 11.5. The highest BCUT2D eigenvalue weighted by molar-refractivity contribution is 5.77. The number of nitrogens with zero attached hydrogens (tertiary/aromatic N) is 1. The molecule has 2 atom stereocenters. The summed E-state index contributed by atoms with van der Waals surface area (Å²) in [7, 11) is 0. The smallest absolute Gasteiger partial charge is 0.220 e. The van der Waals surface area contributed by atoms with E-state index in [-0.39, 0.29) is 5.91 Å². The molecule has 2 aromatic carbocycles. The second-order valence-corrected chi connectivity index (χ2v) is 7.29. The molecule has 2 aliphatic rings. The highest BCUT2D eigenvalue weighted by atomic mass is 16.1. The van der Waals surface area contributed by atoms with Crippen molar-refractivity contribution in [3.05, 3.63) is 59.7 Å². The molecular weight excluding hydrogens is 296 g/mol. The minimum absolute atomic E-state index is 0.223.